The van der Waals surface area contributed by atoms with E-state index in [4.69, 9.17) is 5.73 Å². The van der Waals surface area contributed by atoms with Crippen molar-refractivity contribution in [2.75, 3.05) is 6.54 Å². The summed E-state index contributed by atoms with van der Waals surface area (Å²) >= 11 is 0. The summed E-state index contributed by atoms with van der Waals surface area (Å²) in [6.45, 7) is 0.829. The Bertz CT molecular complexity index is 209. The Morgan fingerprint density at radius 1 is 1.00 bits per heavy atom. The molecule has 0 atom stereocenters. The van der Waals surface area contributed by atoms with Crippen molar-refractivity contribution < 1.29 is 0 Å². The normalized spacial score (nSPS) is 10.2. The number of pyridine rings is 1. The van der Waals surface area contributed by atoms with E-state index in [2.05, 4.69) is 17.1 Å². The van der Waals surface area contributed by atoms with Crippen LogP contribution in [0.3, 0.4) is 0 Å². The van der Waals surface area contributed by atoms with Crippen molar-refractivity contribution in [3.63, 3.8) is 0 Å². The lowest BCUT2D eigenvalue weighted by atomic mass is 10.1. The largest absolute Gasteiger partial charge is 0.330 e. The second kappa shape index (κ2) is 6.61. The minimum absolute atomic E-state index is 0.829. The molecule has 0 amide bonds. The summed E-state index contributed by atoms with van der Waals surface area (Å²) in [6, 6.07) is 4.17. The third kappa shape index (κ3) is 4.63. The fourth-order valence-corrected chi connectivity index (χ4v) is 1.38. The van der Waals surface area contributed by atoms with Crippen LogP contribution in [-0.4, -0.2) is 11.5 Å². The number of unbranched alkanes of at least 4 members (excludes halogenated alkanes) is 3. The Balaban J connectivity index is 2.07. The van der Waals surface area contributed by atoms with E-state index in [1.807, 2.05) is 12.4 Å². The van der Waals surface area contributed by atoms with Crippen LogP contribution >= 0.6 is 0 Å². The zero-order valence-electron chi connectivity index (χ0n) is 8.08. The highest BCUT2D eigenvalue weighted by atomic mass is 14.6. The lowest BCUT2D eigenvalue weighted by Crippen LogP contribution is -1.97. The summed E-state index contributed by atoms with van der Waals surface area (Å²) in [5, 5.41) is 0. The van der Waals surface area contributed by atoms with E-state index in [0.29, 0.717) is 0 Å². The molecule has 0 unspecified atom stereocenters. The molecule has 1 aromatic rings. The van der Waals surface area contributed by atoms with Crippen molar-refractivity contribution in [3.8, 4) is 0 Å². The van der Waals surface area contributed by atoms with Gasteiger partial charge in [-0.3, -0.25) is 4.98 Å². The standard InChI is InChI=1S/C11H18N2/c12-8-4-2-1-3-5-11-6-9-13-10-7-11/h6-7,9-10H,1-5,8,12H2. The molecule has 2 heteroatoms. The summed E-state index contributed by atoms with van der Waals surface area (Å²) in [4.78, 5) is 3.99. The number of aryl methyl sites for hydroxylation is 1. The van der Waals surface area contributed by atoms with E-state index in [1.165, 1.54) is 31.2 Å². The molecule has 0 saturated heterocycles. The van der Waals surface area contributed by atoms with E-state index in [1.54, 1.807) is 0 Å². The molecule has 0 aliphatic carbocycles. The maximum absolute atomic E-state index is 5.41. The summed E-state index contributed by atoms with van der Waals surface area (Å²) in [5.41, 5.74) is 6.81. The van der Waals surface area contributed by atoms with Crippen LogP contribution in [0.25, 0.3) is 0 Å². The molecule has 0 radical (unpaired) electrons. The fraction of sp³-hybridized carbons (Fsp3) is 0.545. The van der Waals surface area contributed by atoms with Gasteiger partial charge in [0.25, 0.3) is 0 Å². The zero-order valence-corrected chi connectivity index (χ0v) is 8.08. The van der Waals surface area contributed by atoms with Crippen LogP contribution in [0.4, 0.5) is 0 Å². The first-order valence-corrected chi connectivity index (χ1v) is 5.02. The Hall–Kier alpha value is -0.890. The smallest absolute Gasteiger partial charge is 0.0270 e. The van der Waals surface area contributed by atoms with E-state index < -0.39 is 0 Å². The number of nitrogens with two attached hydrogens (primary N) is 1. The third-order valence-corrected chi connectivity index (χ3v) is 2.17. The minimum atomic E-state index is 0.829. The van der Waals surface area contributed by atoms with Gasteiger partial charge in [-0.1, -0.05) is 12.8 Å². The Morgan fingerprint density at radius 3 is 2.38 bits per heavy atom. The maximum atomic E-state index is 5.41. The van der Waals surface area contributed by atoms with Crippen molar-refractivity contribution in [1.82, 2.24) is 4.98 Å². The summed E-state index contributed by atoms with van der Waals surface area (Å²) in [5.74, 6) is 0. The van der Waals surface area contributed by atoms with Crippen molar-refractivity contribution in [3.05, 3.63) is 30.1 Å². The van der Waals surface area contributed by atoms with Gasteiger partial charge in [0.1, 0.15) is 0 Å². The van der Waals surface area contributed by atoms with Gasteiger partial charge in [-0.25, -0.2) is 0 Å². The second-order valence-corrected chi connectivity index (χ2v) is 3.31. The molecule has 1 aromatic heterocycles. The fourth-order valence-electron chi connectivity index (χ4n) is 1.38. The maximum Gasteiger partial charge on any atom is 0.0270 e. The van der Waals surface area contributed by atoms with Crippen molar-refractivity contribution in [2.45, 2.75) is 32.1 Å². The van der Waals surface area contributed by atoms with Crippen LogP contribution in [0.1, 0.15) is 31.2 Å². The summed E-state index contributed by atoms with van der Waals surface area (Å²) < 4.78 is 0. The summed E-state index contributed by atoms with van der Waals surface area (Å²) in [6.07, 6.45) is 9.87. The number of nitrogens with zero attached hydrogens (tertiary/aromatic N) is 1. The molecule has 2 nitrogen and oxygen atoms in total. The molecule has 0 bridgehead atoms. The number of rotatable bonds is 6. The highest BCUT2D eigenvalue weighted by Gasteiger charge is 1.92. The van der Waals surface area contributed by atoms with Gasteiger partial charge < -0.3 is 5.73 Å². The van der Waals surface area contributed by atoms with Gasteiger partial charge in [0.15, 0.2) is 0 Å². The Labute approximate surface area is 80.2 Å². The van der Waals surface area contributed by atoms with E-state index in [9.17, 15) is 0 Å². The quantitative estimate of drug-likeness (QED) is 0.678. The van der Waals surface area contributed by atoms with Crippen LogP contribution in [0.5, 0.6) is 0 Å². The first-order chi connectivity index (χ1) is 6.43. The molecule has 72 valence electrons. The van der Waals surface area contributed by atoms with E-state index in [-0.39, 0.29) is 0 Å². The molecular weight excluding hydrogens is 160 g/mol. The monoisotopic (exact) mass is 178 g/mol. The van der Waals surface area contributed by atoms with Gasteiger partial charge in [0, 0.05) is 12.4 Å². The SMILES string of the molecule is NCCCCCCc1ccncc1. The summed E-state index contributed by atoms with van der Waals surface area (Å²) in [7, 11) is 0. The van der Waals surface area contributed by atoms with Gasteiger partial charge in [0.2, 0.25) is 0 Å². The third-order valence-electron chi connectivity index (χ3n) is 2.17. The van der Waals surface area contributed by atoms with Gasteiger partial charge in [0.05, 0.1) is 0 Å². The second-order valence-electron chi connectivity index (χ2n) is 3.31. The van der Waals surface area contributed by atoms with Gasteiger partial charge in [-0.15, -0.1) is 0 Å². The lowest BCUT2D eigenvalue weighted by Gasteiger charge is -2.00. The lowest BCUT2D eigenvalue weighted by molar-refractivity contribution is 0.646. The molecule has 1 rings (SSSR count). The molecule has 0 aromatic carbocycles. The van der Waals surface area contributed by atoms with Crippen molar-refractivity contribution >= 4 is 0 Å². The minimum Gasteiger partial charge on any atom is -0.330 e. The van der Waals surface area contributed by atoms with Crippen molar-refractivity contribution in [1.29, 1.82) is 0 Å². The highest BCUT2D eigenvalue weighted by molar-refractivity contribution is 5.09. The van der Waals surface area contributed by atoms with Gasteiger partial charge in [-0.2, -0.15) is 0 Å². The van der Waals surface area contributed by atoms with Crippen LogP contribution in [0.2, 0.25) is 0 Å². The molecule has 0 spiro atoms. The predicted molar refractivity (Wildman–Crippen MR) is 55.5 cm³/mol. The van der Waals surface area contributed by atoms with Crippen molar-refractivity contribution in [2.24, 2.45) is 5.73 Å². The molecule has 0 saturated carbocycles. The molecule has 2 N–H and O–H groups in total. The first-order valence-electron chi connectivity index (χ1n) is 5.02. The van der Waals surface area contributed by atoms with E-state index >= 15 is 0 Å². The topological polar surface area (TPSA) is 38.9 Å². The Kier molecular flexibility index (Phi) is 5.18. The zero-order chi connectivity index (χ0) is 9.36. The van der Waals surface area contributed by atoms with Gasteiger partial charge >= 0.3 is 0 Å². The van der Waals surface area contributed by atoms with Crippen LogP contribution in [0.15, 0.2) is 24.5 Å². The van der Waals surface area contributed by atoms with Crippen LogP contribution in [-0.2, 0) is 6.42 Å². The highest BCUT2D eigenvalue weighted by Crippen LogP contribution is 2.05. The molecule has 0 aliphatic rings. The van der Waals surface area contributed by atoms with E-state index in [0.717, 1.165) is 13.0 Å². The molecular formula is C11H18N2. The molecule has 1 heterocycles. The predicted octanol–water partition coefficient (Wildman–Crippen LogP) is 2.14. The average molecular weight is 178 g/mol. The average Bonchev–Trinajstić information content (AvgIpc) is 2.19. The first kappa shape index (κ1) is 10.2. The van der Waals surface area contributed by atoms with Crippen LogP contribution in [0, 0.1) is 0 Å². The molecule has 0 aliphatic heterocycles. The van der Waals surface area contributed by atoms with Crippen LogP contribution < -0.4 is 5.73 Å². The number of hydrogen-bond acceptors (Lipinski definition) is 2. The van der Waals surface area contributed by atoms with Gasteiger partial charge in [-0.05, 0) is 43.5 Å². The Morgan fingerprint density at radius 2 is 1.69 bits per heavy atom. The molecule has 13 heavy (non-hydrogen) atoms. The number of hydrogen-bond donors (Lipinski definition) is 1. The number of aromatic nitrogens is 1. The molecule has 0 fully saturated rings.